The van der Waals surface area contributed by atoms with Gasteiger partial charge in [-0.15, -0.1) is 0 Å². The highest BCUT2D eigenvalue weighted by Gasteiger charge is 2.23. The molecule has 1 atom stereocenters. The van der Waals surface area contributed by atoms with E-state index in [4.69, 9.17) is 13.9 Å². The quantitative estimate of drug-likeness (QED) is 0.724. The standard InChI is InChI=1S/C20H21N3O4/c1-25-17-5-2-4-15-10-14(13-26-19(15)17)11-21-20(24)18-7-6-16(27-18)12-23-9-3-8-22-23/h2-9,14H,10-13H2,1H3,(H,21,24). The van der Waals surface area contributed by atoms with Crippen molar-refractivity contribution in [3.63, 3.8) is 0 Å². The van der Waals surface area contributed by atoms with E-state index in [2.05, 4.69) is 10.4 Å². The average Bonchev–Trinajstić information content (AvgIpc) is 3.38. The van der Waals surface area contributed by atoms with E-state index in [9.17, 15) is 4.79 Å². The minimum atomic E-state index is -0.224. The predicted octanol–water partition coefficient (Wildman–Crippen LogP) is 2.51. The molecule has 3 aromatic rings. The molecule has 0 bridgehead atoms. The average molecular weight is 367 g/mol. The van der Waals surface area contributed by atoms with E-state index >= 15 is 0 Å². The molecule has 4 rings (SSSR count). The maximum atomic E-state index is 12.4. The number of hydrogen-bond donors (Lipinski definition) is 1. The number of nitrogens with one attached hydrogen (secondary N) is 1. The topological polar surface area (TPSA) is 78.5 Å². The number of methoxy groups -OCH3 is 1. The number of nitrogens with zero attached hydrogens (tertiary/aromatic N) is 2. The Balaban J connectivity index is 1.32. The van der Waals surface area contributed by atoms with Gasteiger partial charge in [-0.3, -0.25) is 9.48 Å². The summed E-state index contributed by atoms with van der Waals surface area (Å²) in [5, 5.41) is 7.06. The van der Waals surface area contributed by atoms with Crippen LogP contribution in [0.15, 0.2) is 53.2 Å². The van der Waals surface area contributed by atoms with Gasteiger partial charge in [0.1, 0.15) is 5.76 Å². The normalized spacial score (nSPS) is 15.7. The Kier molecular flexibility index (Phi) is 4.82. The van der Waals surface area contributed by atoms with Crippen LogP contribution in [-0.2, 0) is 13.0 Å². The van der Waals surface area contributed by atoms with E-state index in [1.54, 1.807) is 30.1 Å². The summed E-state index contributed by atoms with van der Waals surface area (Å²) < 4.78 is 18.5. The number of fused-ring (bicyclic) bond motifs is 1. The van der Waals surface area contributed by atoms with Gasteiger partial charge in [0.25, 0.3) is 5.91 Å². The smallest absolute Gasteiger partial charge is 0.287 e. The monoisotopic (exact) mass is 367 g/mol. The molecule has 27 heavy (non-hydrogen) atoms. The van der Waals surface area contributed by atoms with Crippen molar-refractivity contribution < 1.29 is 18.7 Å². The second-order valence-corrected chi connectivity index (χ2v) is 6.51. The Morgan fingerprint density at radius 2 is 2.26 bits per heavy atom. The molecular formula is C20H21N3O4. The minimum absolute atomic E-state index is 0.201. The largest absolute Gasteiger partial charge is 0.493 e. The molecule has 1 aliphatic rings. The van der Waals surface area contributed by atoms with Crippen LogP contribution < -0.4 is 14.8 Å². The zero-order chi connectivity index (χ0) is 18.6. The third-order valence-corrected chi connectivity index (χ3v) is 4.57. The molecule has 140 valence electrons. The number of furan rings is 1. The molecule has 7 nitrogen and oxygen atoms in total. The van der Waals surface area contributed by atoms with E-state index in [1.165, 1.54) is 0 Å². The maximum Gasteiger partial charge on any atom is 0.287 e. The van der Waals surface area contributed by atoms with E-state index in [1.807, 2.05) is 30.5 Å². The first kappa shape index (κ1) is 17.2. The molecule has 0 spiro atoms. The minimum Gasteiger partial charge on any atom is -0.493 e. The molecule has 1 aromatic carbocycles. The lowest BCUT2D eigenvalue weighted by molar-refractivity contribution is 0.0908. The van der Waals surface area contributed by atoms with Gasteiger partial charge in [-0.1, -0.05) is 12.1 Å². The van der Waals surface area contributed by atoms with Crippen LogP contribution in [0.2, 0.25) is 0 Å². The van der Waals surface area contributed by atoms with Crippen LogP contribution in [0.1, 0.15) is 21.9 Å². The van der Waals surface area contributed by atoms with Gasteiger partial charge >= 0.3 is 0 Å². The van der Waals surface area contributed by atoms with Gasteiger partial charge in [-0.05, 0) is 36.2 Å². The van der Waals surface area contributed by atoms with Crippen molar-refractivity contribution in [2.24, 2.45) is 5.92 Å². The summed E-state index contributed by atoms with van der Waals surface area (Å²) in [7, 11) is 1.63. The highest BCUT2D eigenvalue weighted by molar-refractivity contribution is 5.91. The van der Waals surface area contributed by atoms with Gasteiger partial charge in [0.2, 0.25) is 0 Å². The summed E-state index contributed by atoms with van der Waals surface area (Å²) >= 11 is 0. The molecule has 0 radical (unpaired) electrons. The van der Waals surface area contributed by atoms with Crippen molar-refractivity contribution in [2.45, 2.75) is 13.0 Å². The fraction of sp³-hybridized carbons (Fsp3) is 0.300. The summed E-state index contributed by atoms with van der Waals surface area (Å²) in [6.45, 7) is 1.55. The number of aromatic nitrogens is 2. The molecular weight excluding hydrogens is 346 g/mol. The van der Waals surface area contributed by atoms with Gasteiger partial charge in [0, 0.05) is 24.9 Å². The number of hydrogen-bond acceptors (Lipinski definition) is 5. The number of rotatable bonds is 6. The van der Waals surface area contributed by atoms with Crippen molar-refractivity contribution in [2.75, 3.05) is 20.3 Å². The fourth-order valence-electron chi connectivity index (χ4n) is 3.21. The highest BCUT2D eigenvalue weighted by Crippen LogP contribution is 2.35. The number of carbonyl (C=O) groups excluding carboxylic acids is 1. The van der Waals surface area contributed by atoms with E-state index in [0.29, 0.717) is 31.2 Å². The van der Waals surface area contributed by atoms with Gasteiger partial charge < -0.3 is 19.2 Å². The maximum absolute atomic E-state index is 12.4. The van der Waals surface area contributed by atoms with E-state index < -0.39 is 0 Å². The lowest BCUT2D eigenvalue weighted by Crippen LogP contribution is -2.34. The molecule has 7 heteroatoms. The van der Waals surface area contributed by atoms with Crippen LogP contribution in [0.3, 0.4) is 0 Å². The van der Waals surface area contributed by atoms with Crippen molar-refractivity contribution >= 4 is 5.91 Å². The van der Waals surface area contributed by atoms with Crippen molar-refractivity contribution in [1.29, 1.82) is 0 Å². The Morgan fingerprint density at radius 1 is 1.33 bits per heavy atom. The Morgan fingerprint density at radius 3 is 3.07 bits per heavy atom. The first-order valence-electron chi connectivity index (χ1n) is 8.86. The molecule has 0 fully saturated rings. The van der Waals surface area contributed by atoms with Gasteiger partial charge in [0.05, 0.1) is 20.3 Å². The van der Waals surface area contributed by atoms with Crippen LogP contribution in [0, 0.1) is 5.92 Å². The van der Waals surface area contributed by atoms with Crippen LogP contribution in [0.4, 0.5) is 0 Å². The summed E-state index contributed by atoms with van der Waals surface area (Å²) in [5.74, 6) is 2.51. The van der Waals surface area contributed by atoms with E-state index in [0.717, 1.165) is 23.5 Å². The molecule has 1 unspecified atom stereocenters. The lowest BCUT2D eigenvalue weighted by Gasteiger charge is -2.26. The Labute approximate surface area is 156 Å². The molecule has 0 saturated heterocycles. The van der Waals surface area contributed by atoms with Crippen LogP contribution >= 0.6 is 0 Å². The summed E-state index contributed by atoms with van der Waals surface area (Å²) in [6.07, 6.45) is 4.38. The molecule has 1 aliphatic heterocycles. The SMILES string of the molecule is COc1cccc2c1OCC(CNC(=O)c1ccc(Cn3cccn3)o1)C2. The molecule has 0 aliphatic carbocycles. The summed E-state index contributed by atoms with van der Waals surface area (Å²) in [6, 6.07) is 11.2. The molecule has 0 saturated carbocycles. The van der Waals surface area contributed by atoms with Crippen molar-refractivity contribution in [3.05, 3.63) is 65.9 Å². The zero-order valence-corrected chi connectivity index (χ0v) is 15.1. The van der Waals surface area contributed by atoms with Crippen LogP contribution in [-0.4, -0.2) is 35.9 Å². The lowest BCUT2D eigenvalue weighted by atomic mass is 9.96. The molecule has 3 heterocycles. The summed E-state index contributed by atoms with van der Waals surface area (Å²) in [5.41, 5.74) is 1.10. The van der Waals surface area contributed by atoms with Crippen LogP contribution in [0.25, 0.3) is 0 Å². The third kappa shape index (κ3) is 3.81. The molecule has 1 amide bonds. The first-order chi connectivity index (χ1) is 13.2. The number of benzene rings is 1. The number of amides is 1. The first-order valence-corrected chi connectivity index (χ1v) is 8.86. The predicted molar refractivity (Wildman–Crippen MR) is 98.1 cm³/mol. The van der Waals surface area contributed by atoms with Crippen molar-refractivity contribution in [1.82, 2.24) is 15.1 Å². The highest BCUT2D eigenvalue weighted by atomic mass is 16.5. The summed E-state index contributed by atoms with van der Waals surface area (Å²) in [4.78, 5) is 12.4. The van der Waals surface area contributed by atoms with Gasteiger partial charge in [-0.2, -0.15) is 5.10 Å². The Bertz CT molecular complexity index is 917. The fourth-order valence-corrected chi connectivity index (χ4v) is 3.21. The molecule has 2 aromatic heterocycles. The van der Waals surface area contributed by atoms with E-state index in [-0.39, 0.29) is 11.8 Å². The van der Waals surface area contributed by atoms with Gasteiger partial charge in [-0.25, -0.2) is 0 Å². The second-order valence-electron chi connectivity index (χ2n) is 6.51. The second kappa shape index (κ2) is 7.57. The molecule has 1 N–H and O–H groups in total. The number of para-hydroxylation sites is 1. The Hall–Kier alpha value is -3.22. The zero-order valence-electron chi connectivity index (χ0n) is 15.1. The third-order valence-electron chi connectivity index (χ3n) is 4.57. The number of carbonyl (C=O) groups is 1. The van der Waals surface area contributed by atoms with Crippen LogP contribution in [0.5, 0.6) is 11.5 Å². The number of ether oxygens (including phenoxy) is 2. The van der Waals surface area contributed by atoms with Gasteiger partial charge in [0.15, 0.2) is 17.3 Å². The van der Waals surface area contributed by atoms with Crippen molar-refractivity contribution in [3.8, 4) is 11.5 Å².